The summed E-state index contributed by atoms with van der Waals surface area (Å²) in [5.41, 5.74) is 3.03. The number of ether oxygens (including phenoxy) is 4. The molecule has 0 saturated carbocycles. The molecule has 0 aliphatic carbocycles. The smallest absolute Gasteiger partial charge is 0.251 e. The van der Waals surface area contributed by atoms with Crippen molar-refractivity contribution in [2.75, 3.05) is 25.3 Å². The molecule has 1 unspecified atom stereocenters. The molecule has 0 radical (unpaired) electrons. The summed E-state index contributed by atoms with van der Waals surface area (Å²) in [6.45, 7) is 3.07. The second-order valence-corrected chi connectivity index (χ2v) is 8.15. The molecule has 0 saturated heterocycles. The molecule has 2 heterocycles. The number of aryl methyl sites for hydroxylation is 1. The molecule has 0 aromatic heterocycles. The Kier molecular flexibility index (Phi) is 6.26. The largest absolute Gasteiger partial charge is 0.486 e. The number of nitrogens with one attached hydrogen (secondary N) is 2. The maximum absolute atomic E-state index is 13.3. The zero-order chi connectivity index (χ0) is 24.2. The van der Waals surface area contributed by atoms with Gasteiger partial charge in [-0.05, 0) is 48.4 Å². The van der Waals surface area contributed by atoms with Crippen LogP contribution >= 0.6 is 0 Å². The van der Waals surface area contributed by atoms with Crippen LogP contribution in [0, 0.1) is 6.92 Å². The summed E-state index contributed by atoms with van der Waals surface area (Å²) in [6.07, 6.45) is 3.04. The highest BCUT2D eigenvalue weighted by molar-refractivity contribution is 6.00. The van der Waals surface area contributed by atoms with Crippen molar-refractivity contribution in [2.45, 2.75) is 13.0 Å². The molecule has 5 rings (SSSR count). The van der Waals surface area contributed by atoms with E-state index in [1.807, 2.05) is 37.3 Å². The van der Waals surface area contributed by atoms with Gasteiger partial charge in [-0.1, -0.05) is 35.9 Å². The Bertz CT molecular complexity index is 1290. The van der Waals surface area contributed by atoms with E-state index in [1.54, 1.807) is 36.4 Å². The lowest BCUT2D eigenvalue weighted by Gasteiger charge is -2.21. The van der Waals surface area contributed by atoms with Crippen molar-refractivity contribution in [1.29, 1.82) is 0 Å². The molecule has 0 fully saturated rings. The zero-order valence-electron chi connectivity index (χ0n) is 19.1. The van der Waals surface area contributed by atoms with E-state index in [2.05, 4.69) is 10.6 Å². The minimum atomic E-state index is -0.905. The van der Waals surface area contributed by atoms with Gasteiger partial charge in [-0.15, -0.1) is 0 Å². The first-order chi connectivity index (χ1) is 17.0. The van der Waals surface area contributed by atoms with Gasteiger partial charge >= 0.3 is 0 Å². The van der Waals surface area contributed by atoms with E-state index in [1.165, 1.54) is 6.08 Å². The Labute approximate surface area is 202 Å². The van der Waals surface area contributed by atoms with E-state index in [0.29, 0.717) is 47.5 Å². The number of amides is 2. The van der Waals surface area contributed by atoms with Gasteiger partial charge in [0.05, 0.1) is 0 Å². The fraction of sp³-hybridized carbons (Fsp3) is 0.185. The van der Waals surface area contributed by atoms with Crippen LogP contribution in [0.2, 0.25) is 0 Å². The van der Waals surface area contributed by atoms with E-state index in [0.717, 1.165) is 11.1 Å². The predicted molar refractivity (Wildman–Crippen MR) is 130 cm³/mol. The number of anilines is 1. The highest BCUT2D eigenvalue weighted by Crippen LogP contribution is 2.34. The number of benzene rings is 3. The average Bonchev–Trinajstić information content (AvgIpc) is 3.34. The van der Waals surface area contributed by atoms with Crippen LogP contribution in [0.25, 0.3) is 6.08 Å². The average molecular weight is 472 g/mol. The van der Waals surface area contributed by atoms with Crippen LogP contribution in [0.3, 0.4) is 0 Å². The topological polar surface area (TPSA) is 95.1 Å². The number of carbonyl (C=O) groups excluding carboxylic acids is 2. The fourth-order valence-corrected chi connectivity index (χ4v) is 3.77. The van der Waals surface area contributed by atoms with Crippen molar-refractivity contribution in [3.63, 3.8) is 0 Å². The fourth-order valence-electron chi connectivity index (χ4n) is 3.77. The van der Waals surface area contributed by atoms with Crippen molar-refractivity contribution in [2.24, 2.45) is 0 Å². The standard InChI is InChI=1S/C27H24N2O6/c1-17-2-6-19(7-3-17)26(27(31)28-20-8-10-21-24(15-20)33-13-12-32-21)29-25(30)11-5-18-4-9-22-23(14-18)35-16-34-22/h2-11,14-15,26H,12-13,16H2,1H3,(H,28,31)(H,29,30). The van der Waals surface area contributed by atoms with Gasteiger partial charge in [0.2, 0.25) is 12.7 Å². The second kappa shape index (κ2) is 9.80. The van der Waals surface area contributed by atoms with E-state index in [-0.39, 0.29) is 12.7 Å². The Hall–Kier alpha value is -4.46. The highest BCUT2D eigenvalue weighted by Gasteiger charge is 2.23. The molecule has 2 aliphatic heterocycles. The van der Waals surface area contributed by atoms with Gasteiger partial charge in [0.25, 0.3) is 5.91 Å². The van der Waals surface area contributed by atoms with Crippen LogP contribution in [-0.2, 0) is 9.59 Å². The minimum absolute atomic E-state index is 0.180. The predicted octanol–water partition coefficient (Wildman–Crippen LogP) is 4.00. The van der Waals surface area contributed by atoms with Gasteiger partial charge in [-0.2, -0.15) is 0 Å². The van der Waals surface area contributed by atoms with Gasteiger partial charge in [0, 0.05) is 17.8 Å². The Morgan fingerprint density at radius 3 is 2.34 bits per heavy atom. The van der Waals surface area contributed by atoms with Crippen LogP contribution in [0.1, 0.15) is 22.7 Å². The van der Waals surface area contributed by atoms with Gasteiger partial charge in [0.15, 0.2) is 23.0 Å². The molecule has 0 bridgehead atoms. The summed E-state index contributed by atoms with van der Waals surface area (Å²) in [7, 11) is 0. The third kappa shape index (κ3) is 5.22. The molecule has 0 spiro atoms. The summed E-state index contributed by atoms with van der Waals surface area (Å²) in [5.74, 6) is 1.70. The monoisotopic (exact) mass is 472 g/mol. The van der Waals surface area contributed by atoms with E-state index < -0.39 is 11.9 Å². The van der Waals surface area contributed by atoms with Gasteiger partial charge in [-0.3, -0.25) is 9.59 Å². The van der Waals surface area contributed by atoms with E-state index in [9.17, 15) is 9.59 Å². The molecule has 8 heteroatoms. The Balaban J connectivity index is 1.32. The molecule has 8 nitrogen and oxygen atoms in total. The summed E-state index contributed by atoms with van der Waals surface area (Å²) in [4.78, 5) is 26.0. The number of rotatable bonds is 6. The highest BCUT2D eigenvalue weighted by atomic mass is 16.7. The van der Waals surface area contributed by atoms with Crippen LogP contribution in [0.5, 0.6) is 23.0 Å². The lowest BCUT2D eigenvalue weighted by molar-refractivity contribution is -0.123. The third-order valence-corrected chi connectivity index (χ3v) is 5.59. The number of carbonyl (C=O) groups is 2. The molecule has 2 aliphatic rings. The lowest BCUT2D eigenvalue weighted by Crippen LogP contribution is -2.36. The number of hydrogen-bond donors (Lipinski definition) is 2. The van der Waals surface area contributed by atoms with Crippen molar-refractivity contribution in [1.82, 2.24) is 5.32 Å². The lowest BCUT2D eigenvalue weighted by atomic mass is 10.0. The second-order valence-electron chi connectivity index (χ2n) is 8.15. The maximum atomic E-state index is 13.3. The normalized spacial score (nSPS) is 14.4. The molecule has 3 aromatic rings. The quantitative estimate of drug-likeness (QED) is 0.527. The van der Waals surface area contributed by atoms with Crippen molar-refractivity contribution < 1.29 is 28.5 Å². The molecule has 1 atom stereocenters. The summed E-state index contributed by atoms with van der Waals surface area (Å²) < 4.78 is 21.8. The molecule has 178 valence electrons. The van der Waals surface area contributed by atoms with Gasteiger partial charge in [0.1, 0.15) is 19.3 Å². The summed E-state index contributed by atoms with van der Waals surface area (Å²) in [5, 5.41) is 5.68. The first kappa shape index (κ1) is 22.3. The minimum Gasteiger partial charge on any atom is -0.486 e. The molecular weight excluding hydrogens is 448 g/mol. The molecule has 2 N–H and O–H groups in total. The first-order valence-electron chi connectivity index (χ1n) is 11.2. The van der Waals surface area contributed by atoms with Gasteiger partial charge in [-0.25, -0.2) is 0 Å². The number of fused-ring (bicyclic) bond motifs is 2. The van der Waals surface area contributed by atoms with Crippen LogP contribution in [0.15, 0.2) is 66.7 Å². The summed E-state index contributed by atoms with van der Waals surface area (Å²) in [6, 6.07) is 17.1. The SMILES string of the molecule is Cc1ccc(C(NC(=O)C=Cc2ccc3c(c2)OCO3)C(=O)Nc2ccc3c(c2)OCCO3)cc1. The number of hydrogen-bond acceptors (Lipinski definition) is 6. The maximum Gasteiger partial charge on any atom is 0.251 e. The zero-order valence-corrected chi connectivity index (χ0v) is 19.1. The Morgan fingerprint density at radius 2 is 1.51 bits per heavy atom. The van der Waals surface area contributed by atoms with Crippen molar-refractivity contribution in [3.05, 3.63) is 83.4 Å². The van der Waals surface area contributed by atoms with Gasteiger partial charge < -0.3 is 29.6 Å². The van der Waals surface area contributed by atoms with E-state index in [4.69, 9.17) is 18.9 Å². The van der Waals surface area contributed by atoms with Crippen LogP contribution in [-0.4, -0.2) is 31.8 Å². The Morgan fingerprint density at radius 1 is 0.829 bits per heavy atom. The molecule has 3 aromatic carbocycles. The van der Waals surface area contributed by atoms with E-state index >= 15 is 0 Å². The van der Waals surface area contributed by atoms with Crippen LogP contribution < -0.4 is 29.6 Å². The van der Waals surface area contributed by atoms with Crippen LogP contribution in [0.4, 0.5) is 5.69 Å². The van der Waals surface area contributed by atoms with Crippen molar-refractivity contribution >= 4 is 23.6 Å². The molecule has 35 heavy (non-hydrogen) atoms. The summed E-state index contributed by atoms with van der Waals surface area (Å²) >= 11 is 0. The first-order valence-corrected chi connectivity index (χ1v) is 11.2. The molecular formula is C27H24N2O6. The molecule has 2 amide bonds. The third-order valence-electron chi connectivity index (χ3n) is 5.59. The van der Waals surface area contributed by atoms with Crippen molar-refractivity contribution in [3.8, 4) is 23.0 Å².